The molecule has 2 heterocycles. The average molecular weight is 210 g/mol. The van der Waals surface area contributed by atoms with Crippen molar-refractivity contribution >= 4 is 5.91 Å². The molecule has 1 aliphatic heterocycles. The molecule has 0 bridgehead atoms. The zero-order valence-corrected chi connectivity index (χ0v) is 8.78. The standard InChI is InChI=1S/C9H14N4O2/c1-5(9-12-6(2)13-15-9)11-8(14)7-3-10-4-7/h5,7,10H,3-4H2,1-2H3,(H,11,14). The molecule has 1 aliphatic rings. The van der Waals surface area contributed by atoms with Gasteiger partial charge in [0, 0.05) is 13.1 Å². The van der Waals surface area contributed by atoms with Crippen LogP contribution in [0.25, 0.3) is 0 Å². The lowest BCUT2D eigenvalue weighted by Crippen LogP contribution is -2.51. The molecule has 0 radical (unpaired) electrons. The summed E-state index contributed by atoms with van der Waals surface area (Å²) in [6.07, 6.45) is 0. The maximum atomic E-state index is 11.6. The molecule has 1 aromatic heterocycles. The number of aryl methyl sites for hydroxylation is 1. The second-order valence-electron chi connectivity index (χ2n) is 3.77. The molecule has 1 atom stereocenters. The van der Waals surface area contributed by atoms with Crippen LogP contribution in [-0.4, -0.2) is 29.1 Å². The van der Waals surface area contributed by atoms with E-state index in [0.717, 1.165) is 13.1 Å². The fourth-order valence-electron chi connectivity index (χ4n) is 1.36. The first-order valence-corrected chi connectivity index (χ1v) is 4.98. The quantitative estimate of drug-likeness (QED) is 0.720. The Kier molecular flexibility index (Phi) is 2.68. The van der Waals surface area contributed by atoms with Gasteiger partial charge in [-0.25, -0.2) is 0 Å². The highest BCUT2D eigenvalue weighted by Gasteiger charge is 2.27. The summed E-state index contributed by atoms with van der Waals surface area (Å²) >= 11 is 0. The summed E-state index contributed by atoms with van der Waals surface area (Å²) in [5, 5.41) is 9.56. The third kappa shape index (κ3) is 2.15. The van der Waals surface area contributed by atoms with E-state index in [-0.39, 0.29) is 17.9 Å². The number of nitrogens with one attached hydrogen (secondary N) is 2. The van der Waals surface area contributed by atoms with Gasteiger partial charge in [0.2, 0.25) is 11.8 Å². The smallest absolute Gasteiger partial charge is 0.248 e. The van der Waals surface area contributed by atoms with Gasteiger partial charge in [-0.15, -0.1) is 0 Å². The lowest BCUT2D eigenvalue weighted by molar-refractivity contribution is -0.127. The Labute approximate surface area is 87.4 Å². The number of carbonyl (C=O) groups excluding carboxylic acids is 1. The van der Waals surface area contributed by atoms with Gasteiger partial charge in [-0.3, -0.25) is 4.79 Å². The molecule has 82 valence electrons. The maximum absolute atomic E-state index is 11.6. The molecule has 2 rings (SSSR count). The Morgan fingerprint density at radius 3 is 2.87 bits per heavy atom. The van der Waals surface area contributed by atoms with E-state index in [1.54, 1.807) is 6.92 Å². The number of hydrogen-bond donors (Lipinski definition) is 2. The van der Waals surface area contributed by atoms with Crippen LogP contribution in [0.3, 0.4) is 0 Å². The highest BCUT2D eigenvalue weighted by atomic mass is 16.5. The first-order valence-electron chi connectivity index (χ1n) is 4.98. The van der Waals surface area contributed by atoms with E-state index in [2.05, 4.69) is 20.8 Å². The van der Waals surface area contributed by atoms with Crippen molar-refractivity contribution in [1.82, 2.24) is 20.8 Å². The zero-order chi connectivity index (χ0) is 10.8. The predicted molar refractivity (Wildman–Crippen MR) is 52.0 cm³/mol. The van der Waals surface area contributed by atoms with E-state index in [1.165, 1.54) is 0 Å². The van der Waals surface area contributed by atoms with Crippen LogP contribution in [0.1, 0.15) is 24.7 Å². The lowest BCUT2D eigenvalue weighted by Gasteiger charge is -2.26. The largest absolute Gasteiger partial charge is 0.344 e. The van der Waals surface area contributed by atoms with E-state index in [0.29, 0.717) is 11.7 Å². The highest BCUT2D eigenvalue weighted by Crippen LogP contribution is 2.11. The van der Waals surface area contributed by atoms with Gasteiger partial charge in [0.15, 0.2) is 5.82 Å². The second-order valence-corrected chi connectivity index (χ2v) is 3.77. The number of aromatic nitrogens is 2. The van der Waals surface area contributed by atoms with Crippen molar-refractivity contribution < 1.29 is 9.32 Å². The lowest BCUT2D eigenvalue weighted by atomic mass is 10.0. The molecule has 6 nitrogen and oxygen atoms in total. The van der Waals surface area contributed by atoms with Gasteiger partial charge in [-0.2, -0.15) is 4.98 Å². The highest BCUT2D eigenvalue weighted by molar-refractivity contribution is 5.80. The molecule has 0 saturated carbocycles. The van der Waals surface area contributed by atoms with Gasteiger partial charge in [0.1, 0.15) is 6.04 Å². The molecule has 1 amide bonds. The van der Waals surface area contributed by atoms with Crippen molar-refractivity contribution in [1.29, 1.82) is 0 Å². The second kappa shape index (κ2) is 3.98. The molecule has 0 spiro atoms. The van der Waals surface area contributed by atoms with Gasteiger partial charge in [-0.1, -0.05) is 5.16 Å². The van der Waals surface area contributed by atoms with E-state index in [1.807, 2.05) is 6.92 Å². The van der Waals surface area contributed by atoms with Gasteiger partial charge in [0.25, 0.3) is 0 Å². The van der Waals surface area contributed by atoms with Crippen LogP contribution < -0.4 is 10.6 Å². The van der Waals surface area contributed by atoms with Crippen LogP contribution in [-0.2, 0) is 4.79 Å². The average Bonchev–Trinajstić information content (AvgIpc) is 2.48. The number of rotatable bonds is 3. The summed E-state index contributed by atoms with van der Waals surface area (Å²) < 4.78 is 4.97. The summed E-state index contributed by atoms with van der Waals surface area (Å²) in [4.78, 5) is 15.6. The molecular formula is C9H14N4O2. The van der Waals surface area contributed by atoms with E-state index in [4.69, 9.17) is 4.52 Å². The maximum Gasteiger partial charge on any atom is 0.248 e. The number of nitrogens with zero attached hydrogens (tertiary/aromatic N) is 2. The molecular weight excluding hydrogens is 196 g/mol. The monoisotopic (exact) mass is 210 g/mol. The van der Waals surface area contributed by atoms with Crippen molar-refractivity contribution in [3.05, 3.63) is 11.7 Å². The van der Waals surface area contributed by atoms with Gasteiger partial charge in [0.05, 0.1) is 5.92 Å². The Balaban J connectivity index is 1.91. The Morgan fingerprint density at radius 2 is 2.40 bits per heavy atom. The van der Waals surface area contributed by atoms with Crippen molar-refractivity contribution in [2.75, 3.05) is 13.1 Å². The normalized spacial score (nSPS) is 18.3. The fourth-order valence-corrected chi connectivity index (χ4v) is 1.36. The molecule has 2 N–H and O–H groups in total. The van der Waals surface area contributed by atoms with Gasteiger partial charge in [-0.05, 0) is 13.8 Å². The topological polar surface area (TPSA) is 80.0 Å². The van der Waals surface area contributed by atoms with E-state index >= 15 is 0 Å². The molecule has 6 heteroatoms. The number of amides is 1. The molecule has 1 fully saturated rings. The Hall–Kier alpha value is -1.43. The van der Waals surface area contributed by atoms with Crippen molar-refractivity contribution in [2.24, 2.45) is 5.92 Å². The first kappa shape index (κ1) is 10.1. The molecule has 1 saturated heterocycles. The number of carbonyl (C=O) groups is 1. The summed E-state index contributed by atoms with van der Waals surface area (Å²) in [6, 6.07) is -0.223. The fraction of sp³-hybridized carbons (Fsp3) is 0.667. The first-order chi connectivity index (χ1) is 7.16. The third-order valence-electron chi connectivity index (χ3n) is 2.42. The summed E-state index contributed by atoms with van der Waals surface area (Å²) in [5.41, 5.74) is 0. The molecule has 0 aromatic carbocycles. The van der Waals surface area contributed by atoms with Gasteiger partial charge >= 0.3 is 0 Å². The van der Waals surface area contributed by atoms with E-state index in [9.17, 15) is 4.79 Å². The summed E-state index contributed by atoms with van der Waals surface area (Å²) in [6.45, 7) is 5.08. The molecule has 0 aliphatic carbocycles. The van der Waals surface area contributed by atoms with Crippen LogP contribution in [0.15, 0.2) is 4.52 Å². The van der Waals surface area contributed by atoms with Crippen molar-refractivity contribution in [2.45, 2.75) is 19.9 Å². The zero-order valence-electron chi connectivity index (χ0n) is 8.78. The molecule has 1 aromatic rings. The van der Waals surface area contributed by atoms with Crippen LogP contribution in [0.5, 0.6) is 0 Å². The van der Waals surface area contributed by atoms with Crippen LogP contribution in [0.2, 0.25) is 0 Å². The van der Waals surface area contributed by atoms with Crippen LogP contribution >= 0.6 is 0 Å². The van der Waals surface area contributed by atoms with Crippen LogP contribution in [0, 0.1) is 12.8 Å². The van der Waals surface area contributed by atoms with Crippen molar-refractivity contribution in [3.63, 3.8) is 0 Å². The number of hydrogen-bond acceptors (Lipinski definition) is 5. The van der Waals surface area contributed by atoms with E-state index < -0.39 is 0 Å². The van der Waals surface area contributed by atoms with Crippen LogP contribution in [0.4, 0.5) is 0 Å². The minimum absolute atomic E-state index is 0.0390. The molecule has 1 unspecified atom stereocenters. The van der Waals surface area contributed by atoms with Crippen molar-refractivity contribution in [3.8, 4) is 0 Å². The SMILES string of the molecule is Cc1noc(C(C)NC(=O)C2CNC2)n1. The third-order valence-corrected chi connectivity index (χ3v) is 2.42. The van der Waals surface area contributed by atoms with Gasteiger partial charge < -0.3 is 15.2 Å². The predicted octanol–water partition coefficient (Wildman–Crippen LogP) is -0.225. The minimum Gasteiger partial charge on any atom is -0.344 e. The summed E-state index contributed by atoms with van der Waals surface area (Å²) in [7, 11) is 0. The molecule has 15 heavy (non-hydrogen) atoms. The Morgan fingerprint density at radius 1 is 1.67 bits per heavy atom. The summed E-state index contributed by atoms with van der Waals surface area (Å²) in [5.74, 6) is 1.15. The Bertz CT molecular complexity index is 359. The minimum atomic E-state index is -0.223.